The van der Waals surface area contributed by atoms with Gasteiger partial charge in [-0.25, -0.2) is 15.0 Å². The number of nitrogens with zero attached hydrogens (tertiary/aromatic N) is 7. The average molecular weight is 396 g/mol. The van der Waals surface area contributed by atoms with E-state index in [-0.39, 0.29) is 11.9 Å². The average Bonchev–Trinajstić information content (AvgIpc) is 3.37. The number of amides is 1. The second-order valence-electron chi connectivity index (χ2n) is 6.45. The van der Waals surface area contributed by atoms with Crippen LogP contribution in [0.4, 0.5) is 10.9 Å². The van der Waals surface area contributed by atoms with E-state index in [0.717, 1.165) is 30.0 Å². The first-order valence-corrected chi connectivity index (χ1v) is 9.97. The molecule has 144 valence electrons. The molecule has 1 N–H and O–H groups in total. The number of likely N-dealkylation sites (tertiary alicyclic amines) is 1. The van der Waals surface area contributed by atoms with Gasteiger partial charge in [0.05, 0.1) is 17.9 Å². The van der Waals surface area contributed by atoms with Crippen LogP contribution >= 0.6 is 11.3 Å². The Balaban J connectivity index is 1.59. The van der Waals surface area contributed by atoms with E-state index in [0.29, 0.717) is 29.0 Å². The minimum Gasteiger partial charge on any atom is -0.329 e. The van der Waals surface area contributed by atoms with E-state index < -0.39 is 0 Å². The van der Waals surface area contributed by atoms with E-state index in [1.165, 1.54) is 23.7 Å². The third-order valence-electron chi connectivity index (χ3n) is 4.50. The maximum Gasteiger partial charge on any atom is 0.274 e. The number of carbonyl (C=O) groups is 1. The minimum atomic E-state index is -0.127. The molecule has 0 aliphatic carbocycles. The molecule has 1 aliphatic heterocycles. The summed E-state index contributed by atoms with van der Waals surface area (Å²) in [5.74, 6) is 1.16. The smallest absolute Gasteiger partial charge is 0.274 e. The van der Waals surface area contributed by atoms with Crippen LogP contribution in [0.5, 0.6) is 0 Å². The Hall–Kier alpha value is -3.01. The zero-order valence-corrected chi connectivity index (χ0v) is 16.5. The zero-order chi connectivity index (χ0) is 19.5. The number of aromatic nitrogens is 6. The van der Waals surface area contributed by atoms with Gasteiger partial charge in [0.15, 0.2) is 0 Å². The molecule has 1 saturated heterocycles. The van der Waals surface area contributed by atoms with Gasteiger partial charge < -0.3 is 10.2 Å². The first-order chi connectivity index (χ1) is 13.6. The molecule has 1 fully saturated rings. The van der Waals surface area contributed by atoms with Gasteiger partial charge in [0.1, 0.15) is 22.3 Å². The van der Waals surface area contributed by atoms with Crippen molar-refractivity contribution in [1.29, 1.82) is 0 Å². The van der Waals surface area contributed by atoms with Crippen molar-refractivity contribution < 1.29 is 4.79 Å². The summed E-state index contributed by atoms with van der Waals surface area (Å²) in [5.41, 5.74) is 1.16. The fraction of sp³-hybridized carbons (Fsp3) is 0.389. The molecule has 3 aromatic heterocycles. The van der Waals surface area contributed by atoms with Gasteiger partial charge in [0.2, 0.25) is 5.13 Å². The first kappa shape index (κ1) is 18.4. The molecule has 9 nitrogen and oxygen atoms in total. The fourth-order valence-electron chi connectivity index (χ4n) is 3.26. The van der Waals surface area contributed by atoms with Gasteiger partial charge in [0, 0.05) is 25.0 Å². The number of hydrogen-bond donors (Lipinski definition) is 1. The number of nitrogens with one attached hydrogen (secondary N) is 1. The maximum atomic E-state index is 12.9. The molecule has 0 saturated carbocycles. The third kappa shape index (κ3) is 3.81. The van der Waals surface area contributed by atoms with E-state index >= 15 is 0 Å². The van der Waals surface area contributed by atoms with E-state index in [9.17, 15) is 4.79 Å². The zero-order valence-electron chi connectivity index (χ0n) is 15.7. The van der Waals surface area contributed by atoms with Crippen LogP contribution < -0.4 is 5.32 Å². The number of carbonyl (C=O) groups excluding carboxylic acids is 1. The Morgan fingerprint density at radius 2 is 2.21 bits per heavy atom. The van der Waals surface area contributed by atoms with Gasteiger partial charge >= 0.3 is 0 Å². The van der Waals surface area contributed by atoms with Gasteiger partial charge in [0.25, 0.3) is 5.91 Å². The summed E-state index contributed by atoms with van der Waals surface area (Å²) < 4.78 is 0. The summed E-state index contributed by atoms with van der Waals surface area (Å²) in [4.78, 5) is 31.9. The normalized spacial score (nSPS) is 16.4. The van der Waals surface area contributed by atoms with E-state index in [1.54, 1.807) is 6.20 Å². The molecule has 28 heavy (non-hydrogen) atoms. The summed E-state index contributed by atoms with van der Waals surface area (Å²) >= 11 is 1.50. The number of rotatable bonds is 5. The number of hydrogen-bond acceptors (Lipinski definition) is 9. The van der Waals surface area contributed by atoms with Crippen molar-refractivity contribution in [2.75, 3.05) is 11.9 Å². The molecule has 1 atom stereocenters. The fourth-order valence-corrected chi connectivity index (χ4v) is 3.94. The standard InChI is InChI=1S/C18H20N8OS/c1-3-16-24-25-18(28-16)23-15-9-12(21-11(2)22-15)14-5-4-8-26(14)17(27)13-10-19-6-7-20-13/h6-7,9-10,14H,3-5,8H2,1-2H3,(H,21,22,23,25). The van der Waals surface area contributed by atoms with Gasteiger partial charge in [-0.1, -0.05) is 18.3 Å². The van der Waals surface area contributed by atoms with Crippen molar-refractivity contribution in [3.8, 4) is 0 Å². The van der Waals surface area contributed by atoms with E-state index in [1.807, 2.05) is 24.8 Å². The lowest BCUT2D eigenvalue weighted by Crippen LogP contribution is -2.31. The van der Waals surface area contributed by atoms with Crippen molar-refractivity contribution in [3.05, 3.63) is 46.9 Å². The molecule has 3 aromatic rings. The Morgan fingerprint density at radius 1 is 1.32 bits per heavy atom. The van der Waals surface area contributed by atoms with Gasteiger partial charge in [-0.2, -0.15) is 0 Å². The molecule has 1 aliphatic rings. The van der Waals surface area contributed by atoms with Crippen LogP contribution in [-0.2, 0) is 6.42 Å². The highest BCUT2D eigenvalue weighted by molar-refractivity contribution is 7.15. The van der Waals surface area contributed by atoms with Crippen LogP contribution in [0, 0.1) is 6.92 Å². The van der Waals surface area contributed by atoms with Crippen molar-refractivity contribution >= 4 is 28.2 Å². The molecule has 10 heteroatoms. The maximum absolute atomic E-state index is 12.9. The van der Waals surface area contributed by atoms with Gasteiger partial charge in [-0.3, -0.25) is 9.78 Å². The lowest BCUT2D eigenvalue weighted by molar-refractivity contribution is 0.0726. The third-order valence-corrected chi connectivity index (χ3v) is 5.48. The second-order valence-corrected chi connectivity index (χ2v) is 7.51. The summed E-state index contributed by atoms with van der Waals surface area (Å²) in [6, 6.07) is 1.77. The Morgan fingerprint density at radius 3 is 2.96 bits per heavy atom. The summed E-state index contributed by atoms with van der Waals surface area (Å²) in [6.07, 6.45) is 7.19. The monoisotopic (exact) mass is 396 g/mol. The van der Waals surface area contributed by atoms with E-state index in [2.05, 4.69) is 35.5 Å². The molecule has 4 heterocycles. The Kier molecular flexibility index (Phi) is 5.20. The molecule has 0 aromatic carbocycles. The number of anilines is 2. The molecular formula is C18H20N8OS. The van der Waals surface area contributed by atoms with Crippen molar-refractivity contribution in [3.63, 3.8) is 0 Å². The SMILES string of the molecule is CCc1nnc(Nc2cc(C3CCCN3C(=O)c3cnccn3)nc(C)n2)s1. The topological polar surface area (TPSA) is 110 Å². The quantitative estimate of drug-likeness (QED) is 0.701. The lowest BCUT2D eigenvalue weighted by atomic mass is 10.1. The van der Waals surface area contributed by atoms with Crippen molar-refractivity contribution in [1.82, 2.24) is 35.0 Å². The van der Waals surface area contributed by atoms with Gasteiger partial charge in [-0.05, 0) is 26.2 Å². The largest absolute Gasteiger partial charge is 0.329 e. The molecule has 0 radical (unpaired) electrons. The molecule has 1 amide bonds. The van der Waals surface area contributed by atoms with E-state index in [4.69, 9.17) is 0 Å². The second kappa shape index (κ2) is 7.93. The van der Waals surface area contributed by atoms with Crippen LogP contribution in [0.3, 0.4) is 0 Å². The first-order valence-electron chi connectivity index (χ1n) is 9.16. The molecule has 4 rings (SSSR count). The molecule has 0 spiro atoms. The van der Waals surface area contributed by atoms with Gasteiger partial charge in [-0.15, -0.1) is 10.2 Å². The van der Waals surface area contributed by atoms with Crippen LogP contribution in [0.15, 0.2) is 24.7 Å². The molecular weight excluding hydrogens is 376 g/mol. The van der Waals surface area contributed by atoms with Crippen molar-refractivity contribution in [2.45, 2.75) is 39.2 Å². The minimum absolute atomic E-state index is 0.114. The van der Waals surface area contributed by atoms with Crippen molar-refractivity contribution in [2.24, 2.45) is 0 Å². The highest BCUT2D eigenvalue weighted by atomic mass is 32.1. The Labute approximate surface area is 166 Å². The predicted octanol–water partition coefficient (Wildman–Crippen LogP) is 2.71. The van der Waals surface area contributed by atoms with Crippen LogP contribution in [0.2, 0.25) is 0 Å². The Bertz CT molecular complexity index is 977. The predicted molar refractivity (Wildman–Crippen MR) is 104 cm³/mol. The van der Waals surface area contributed by atoms with Crippen LogP contribution in [0.25, 0.3) is 0 Å². The summed E-state index contributed by atoms with van der Waals surface area (Å²) in [5, 5.41) is 13.1. The highest BCUT2D eigenvalue weighted by Crippen LogP contribution is 2.33. The lowest BCUT2D eigenvalue weighted by Gasteiger charge is -2.24. The van der Waals surface area contributed by atoms with Crippen LogP contribution in [-0.4, -0.2) is 47.5 Å². The summed E-state index contributed by atoms with van der Waals surface area (Å²) in [7, 11) is 0. The van der Waals surface area contributed by atoms with Crippen LogP contribution in [0.1, 0.15) is 52.8 Å². The molecule has 1 unspecified atom stereocenters. The number of aryl methyl sites for hydroxylation is 2. The summed E-state index contributed by atoms with van der Waals surface area (Å²) in [6.45, 7) is 4.55. The molecule has 0 bridgehead atoms. The highest BCUT2D eigenvalue weighted by Gasteiger charge is 2.32.